The molecule has 1 atom stereocenters. The van der Waals surface area contributed by atoms with Crippen LogP contribution in [0.15, 0.2) is 18.3 Å². The van der Waals surface area contributed by atoms with Crippen LogP contribution < -0.4 is 5.32 Å². The second-order valence-corrected chi connectivity index (χ2v) is 7.43. The summed E-state index contributed by atoms with van der Waals surface area (Å²) >= 11 is 0. The molecule has 11 heteroatoms. The fourth-order valence-corrected chi connectivity index (χ4v) is 2.09. The molecule has 1 aromatic rings. The minimum Gasteiger partial charge on any atom is -0.444 e. The highest BCUT2D eigenvalue weighted by Gasteiger charge is 2.44. The van der Waals surface area contributed by atoms with Crippen LogP contribution in [0.25, 0.3) is 0 Å². The molecule has 1 rings (SSSR count). The summed E-state index contributed by atoms with van der Waals surface area (Å²) in [6.45, 7) is 4.92. The quantitative estimate of drug-likeness (QED) is 0.819. The second kappa shape index (κ2) is 6.93. The number of carbonyl (C=O) groups is 1. The monoisotopic (exact) mass is 370 g/mol. The molecular weight excluding hydrogens is 353 g/mol. The van der Waals surface area contributed by atoms with Crippen LogP contribution in [0.3, 0.4) is 0 Å². The summed E-state index contributed by atoms with van der Waals surface area (Å²) in [7, 11) is -4.34. The van der Waals surface area contributed by atoms with Crippen LogP contribution in [-0.2, 0) is 19.0 Å². The SMILES string of the molecule is CC(C)(C)OC(=O)Nc1ccc(C(OS(C)(=O)=O)C(F)(F)F)cn1. The van der Waals surface area contributed by atoms with E-state index >= 15 is 0 Å². The van der Waals surface area contributed by atoms with Crippen molar-refractivity contribution in [1.29, 1.82) is 0 Å². The first-order valence-corrected chi connectivity index (χ1v) is 8.40. The maximum absolute atomic E-state index is 12.9. The molecule has 0 radical (unpaired) electrons. The van der Waals surface area contributed by atoms with Gasteiger partial charge in [0.25, 0.3) is 10.1 Å². The second-order valence-electron chi connectivity index (χ2n) is 5.83. The van der Waals surface area contributed by atoms with E-state index in [9.17, 15) is 26.4 Å². The maximum atomic E-state index is 12.9. The van der Waals surface area contributed by atoms with Crippen molar-refractivity contribution in [2.45, 2.75) is 38.7 Å². The molecule has 0 spiro atoms. The standard InChI is InChI=1S/C13H17F3N2O5S/c1-12(2,3)22-11(19)18-9-6-5-8(7-17-9)10(13(14,15)16)23-24(4,20)21/h5-7,10H,1-4H3,(H,17,18,19). The van der Waals surface area contributed by atoms with Gasteiger partial charge < -0.3 is 4.74 Å². The number of nitrogens with one attached hydrogen (secondary N) is 1. The van der Waals surface area contributed by atoms with E-state index < -0.39 is 39.7 Å². The molecule has 0 saturated carbocycles. The number of hydrogen-bond donors (Lipinski definition) is 1. The first-order valence-electron chi connectivity index (χ1n) is 6.58. The third-order valence-electron chi connectivity index (χ3n) is 2.29. The Bertz CT molecular complexity index is 681. The highest BCUT2D eigenvalue weighted by atomic mass is 32.2. The van der Waals surface area contributed by atoms with Gasteiger partial charge in [-0.1, -0.05) is 6.07 Å². The zero-order valence-electron chi connectivity index (χ0n) is 13.3. The van der Waals surface area contributed by atoms with Crippen LogP contribution in [0.4, 0.5) is 23.8 Å². The van der Waals surface area contributed by atoms with Gasteiger partial charge in [-0.05, 0) is 26.8 Å². The Kier molecular flexibility index (Phi) is 5.82. The van der Waals surface area contributed by atoms with E-state index in [1.165, 1.54) is 0 Å². The summed E-state index contributed by atoms with van der Waals surface area (Å²) in [4.78, 5) is 15.2. The highest BCUT2D eigenvalue weighted by molar-refractivity contribution is 7.86. The van der Waals surface area contributed by atoms with Crippen molar-refractivity contribution in [3.05, 3.63) is 23.9 Å². The van der Waals surface area contributed by atoms with Gasteiger partial charge in [-0.15, -0.1) is 0 Å². The fourth-order valence-electron chi connectivity index (χ4n) is 1.52. The number of halogens is 3. The van der Waals surface area contributed by atoms with Gasteiger partial charge in [-0.2, -0.15) is 21.6 Å². The number of rotatable bonds is 4. The van der Waals surface area contributed by atoms with Gasteiger partial charge in [0.2, 0.25) is 0 Å². The van der Waals surface area contributed by atoms with Crippen LogP contribution in [0.2, 0.25) is 0 Å². The first-order chi connectivity index (χ1) is 10.7. The van der Waals surface area contributed by atoms with Crippen molar-refractivity contribution < 1.29 is 35.3 Å². The highest BCUT2D eigenvalue weighted by Crippen LogP contribution is 2.36. The lowest BCUT2D eigenvalue weighted by Gasteiger charge is -2.20. The smallest absolute Gasteiger partial charge is 0.420 e. The average Bonchev–Trinajstić information content (AvgIpc) is 2.32. The molecule has 0 aliphatic rings. The number of pyridine rings is 1. The molecule has 1 N–H and O–H groups in total. The van der Waals surface area contributed by atoms with Crippen molar-refractivity contribution >= 4 is 22.0 Å². The molecule has 24 heavy (non-hydrogen) atoms. The first kappa shape index (κ1) is 20.2. The van der Waals surface area contributed by atoms with E-state index in [1.807, 2.05) is 0 Å². The third kappa shape index (κ3) is 7.13. The van der Waals surface area contributed by atoms with Gasteiger partial charge in [0.15, 0.2) is 6.10 Å². The summed E-state index contributed by atoms with van der Waals surface area (Å²) in [6.07, 6.45) is -7.20. The van der Waals surface area contributed by atoms with E-state index in [0.29, 0.717) is 6.26 Å². The topological polar surface area (TPSA) is 94.6 Å². The Morgan fingerprint density at radius 1 is 1.25 bits per heavy atom. The van der Waals surface area contributed by atoms with Crippen molar-refractivity contribution in [2.24, 2.45) is 0 Å². The van der Waals surface area contributed by atoms with Gasteiger partial charge >= 0.3 is 12.3 Å². The molecule has 136 valence electrons. The molecule has 1 amide bonds. The summed E-state index contributed by atoms with van der Waals surface area (Å²) in [5.41, 5.74) is -1.28. The van der Waals surface area contributed by atoms with Crippen molar-refractivity contribution in [3.8, 4) is 0 Å². The van der Waals surface area contributed by atoms with E-state index in [-0.39, 0.29) is 5.82 Å². The van der Waals surface area contributed by atoms with Gasteiger partial charge in [-0.25, -0.2) is 9.78 Å². The van der Waals surface area contributed by atoms with Crippen molar-refractivity contribution in [3.63, 3.8) is 0 Å². The number of alkyl halides is 3. The van der Waals surface area contributed by atoms with E-state index in [2.05, 4.69) is 14.5 Å². The Hall–Kier alpha value is -1.88. The molecule has 0 aromatic carbocycles. The number of amides is 1. The van der Waals surface area contributed by atoms with Crippen LogP contribution in [0, 0.1) is 0 Å². The zero-order valence-corrected chi connectivity index (χ0v) is 14.2. The van der Waals surface area contributed by atoms with Gasteiger partial charge in [0, 0.05) is 11.8 Å². The van der Waals surface area contributed by atoms with Gasteiger partial charge in [-0.3, -0.25) is 9.50 Å². The fraction of sp³-hybridized carbons (Fsp3) is 0.538. The molecule has 0 aliphatic carbocycles. The molecule has 7 nitrogen and oxygen atoms in total. The van der Waals surface area contributed by atoms with Crippen LogP contribution in [0.1, 0.15) is 32.4 Å². The summed E-state index contributed by atoms with van der Waals surface area (Å²) in [6, 6.07) is 2.02. The van der Waals surface area contributed by atoms with Crippen LogP contribution >= 0.6 is 0 Å². The van der Waals surface area contributed by atoms with Crippen molar-refractivity contribution in [2.75, 3.05) is 11.6 Å². The van der Waals surface area contributed by atoms with E-state index in [4.69, 9.17) is 4.74 Å². The Labute approximate surface area is 137 Å². The predicted octanol–water partition coefficient (Wildman–Crippen LogP) is 3.01. The summed E-state index contributed by atoms with van der Waals surface area (Å²) in [5.74, 6) is -0.0618. The van der Waals surface area contributed by atoms with Gasteiger partial charge in [0.05, 0.1) is 6.26 Å². The Morgan fingerprint density at radius 3 is 2.21 bits per heavy atom. The Morgan fingerprint density at radius 2 is 1.83 bits per heavy atom. The predicted molar refractivity (Wildman–Crippen MR) is 78.8 cm³/mol. The average molecular weight is 370 g/mol. The normalized spacial score (nSPS) is 14.1. The third-order valence-corrected chi connectivity index (χ3v) is 2.83. The lowest BCUT2D eigenvalue weighted by Crippen LogP contribution is -2.28. The van der Waals surface area contributed by atoms with E-state index in [0.717, 1.165) is 18.3 Å². The molecular formula is C13H17F3N2O5S. The largest absolute Gasteiger partial charge is 0.444 e. The van der Waals surface area contributed by atoms with Crippen LogP contribution in [0.5, 0.6) is 0 Å². The molecule has 1 unspecified atom stereocenters. The zero-order chi connectivity index (χ0) is 18.8. The lowest BCUT2D eigenvalue weighted by atomic mass is 10.1. The van der Waals surface area contributed by atoms with E-state index in [1.54, 1.807) is 20.8 Å². The Balaban J connectivity index is 2.93. The maximum Gasteiger partial charge on any atom is 0.420 e. The molecule has 1 aromatic heterocycles. The number of ether oxygens (including phenoxy) is 1. The number of carbonyl (C=O) groups excluding carboxylic acids is 1. The minimum atomic E-state index is -4.95. The number of hydrogen-bond acceptors (Lipinski definition) is 6. The molecule has 0 aliphatic heterocycles. The molecule has 0 saturated heterocycles. The lowest BCUT2D eigenvalue weighted by molar-refractivity contribution is -0.196. The molecule has 0 fully saturated rings. The summed E-state index contributed by atoms with van der Waals surface area (Å²) in [5, 5.41) is 2.24. The number of anilines is 1. The minimum absolute atomic E-state index is 0.0618. The summed E-state index contributed by atoms with van der Waals surface area (Å²) < 4.78 is 69.8. The van der Waals surface area contributed by atoms with Gasteiger partial charge in [0.1, 0.15) is 11.4 Å². The molecule has 1 heterocycles. The molecule has 0 bridgehead atoms. The van der Waals surface area contributed by atoms with Crippen LogP contribution in [-0.4, -0.2) is 37.5 Å². The van der Waals surface area contributed by atoms with Crippen molar-refractivity contribution in [1.82, 2.24) is 4.98 Å². The number of nitrogens with zero attached hydrogens (tertiary/aromatic N) is 1. The number of aromatic nitrogens is 1.